The molecule has 86 valence electrons. The van der Waals surface area contributed by atoms with Gasteiger partial charge in [-0.3, -0.25) is 4.79 Å². The first-order valence-corrected chi connectivity index (χ1v) is 5.82. The molecule has 0 spiro atoms. The highest BCUT2D eigenvalue weighted by Gasteiger charge is 2.21. The predicted molar refractivity (Wildman–Crippen MR) is 55.5 cm³/mol. The molecule has 0 aromatic rings. The molecule has 0 amide bonds. The van der Waals surface area contributed by atoms with Crippen LogP contribution in [0.4, 0.5) is 0 Å². The van der Waals surface area contributed by atoms with Crippen LogP contribution in [0.25, 0.3) is 0 Å². The zero-order valence-electron chi connectivity index (χ0n) is 9.04. The highest BCUT2D eigenvalue weighted by Crippen LogP contribution is 2.27. The Kier molecular flexibility index (Phi) is 3.97. The van der Waals surface area contributed by atoms with E-state index in [-0.39, 0.29) is 12.1 Å². The predicted octanol–water partition coefficient (Wildman–Crippen LogP) is 0.708. The molecule has 1 saturated carbocycles. The van der Waals surface area contributed by atoms with Gasteiger partial charge >= 0.3 is 5.97 Å². The maximum Gasteiger partial charge on any atom is 0.320 e. The van der Waals surface area contributed by atoms with E-state index in [2.05, 4.69) is 5.32 Å². The summed E-state index contributed by atoms with van der Waals surface area (Å²) in [6.07, 6.45) is 4.85. The van der Waals surface area contributed by atoms with Crippen molar-refractivity contribution in [1.82, 2.24) is 5.32 Å². The van der Waals surface area contributed by atoms with Gasteiger partial charge in [-0.05, 0) is 38.1 Å². The zero-order valence-corrected chi connectivity index (χ0v) is 9.04. The molecule has 15 heavy (non-hydrogen) atoms. The van der Waals surface area contributed by atoms with Gasteiger partial charge in [-0.1, -0.05) is 0 Å². The van der Waals surface area contributed by atoms with Crippen LogP contribution in [0.1, 0.15) is 25.7 Å². The Bertz CT molecular complexity index is 210. The summed E-state index contributed by atoms with van der Waals surface area (Å²) in [5.41, 5.74) is 0. The van der Waals surface area contributed by atoms with E-state index in [1.807, 2.05) is 0 Å². The number of ether oxygens (including phenoxy) is 2. The third-order valence-corrected chi connectivity index (χ3v) is 2.85. The molecule has 1 unspecified atom stereocenters. The number of hydrogen-bond acceptors (Lipinski definition) is 4. The van der Waals surface area contributed by atoms with Crippen LogP contribution >= 0.6 is 0 Å². The zero-order chi connectivity index (χ0) is 10.5. The van der Waals surface area contributed by atoms with Crippen molar-refractivity contribution < 1.29 is 14.3 Å². The van der Waals surface area contributed by atoms with Crippen LogP contribution in [0.3, 0.4) is 0 Å². The smallest absolute Gasteiger partial charge is 0.320 e. The third-order valence-electron chi connectivity index (χ3n) is 2.85. The van der Waals surface area contributed by atoms with Crippen molar-refractivity contribution in [3.8, 4) is 0 Å². The molecule has 1 N–H and O–H groups in total. The molecule has 1 aliphatic carbocycles. The van der Waals surface area contributed by atoms with E-state index in [4.69, 9.17) is 9.47 Å². The highest BCUT2D eigenvalue weighted by atomic mass is 16.6. The van der Waals surface area contributed by atoms with Gasteiger partial charge in [-0.15, -0.1) is 0 Å². The second kappa shape index (κ2) is 5.47. The Morgan fingerprint density at radius 3 is 2.93 bits per heavy atom. The molecule has 0 aromatic carbocycles. The summed E-state index contributed by atoms with van der Waals surface area (Å²) in [5, 5.41) is 3.11. The van der Waals surface area contributed by atoms with Gasteiger partial charge in [0.2, 0.25) is 0 Å². The number of carbonyl (C=O) groups is 1. The molecule has 1 atom stereocenters. The average molecular weight is 213 g/mol. The topological polar surface area (TPSA) is 47.6 Å². The van der Waals surface area contributed by atoms with Gasteiger partial charge in [-0.25, -0.2) is 0 Å². The van der Waals surface area contributed by atoms with Crippen molar-refractivity contribution in [3.05, 3.63) is 0 Å². The van der Waals surface area contributed by atoms with Gasteiger partial charge in [0.25, 0.3) is 0 Å². The second-order valence-corrected chi connectivity index (χ2v) is 4.39. The fourth-order valence-corrected chi connectivity index (χ4v) is 1.71. The highest BCUT2D eigenvalue weighted by molar-refractivity contribution is 5.71. The molecule has 4 heteroatoms. The lowest BCUT2D eigenvalue weighted by Crippen LogP contribution is -2.28. The SMILES string of the molecule is O=C(CNCC1CC1)OCC1CCCO1. The monoisotopic (exact) mass is 213 g/mol. The number of carbonyl (C=O) groups excluding carboxylic acids is 1. The standard InChI is InChI=1S/C11H19NO3/c13-11(7-12-6-9-3-4-9)15-8-10-2-1-5-14-10/h9-10,12H,1-8H2. The summed E-state index contributed by atoms with van der Waals surface area (Å²) < 4.78 is 10.5. The first-order chi connectivity index (χ1) is 7.34. The Hall–Kier alpha value is -0.610. The molecule has 4 nitrogen and oxygen atoms in total. The minimum absolute atomic E-state index is 0.136. The Balaban J connectivity index is 1.47. The van der Waals surface area contributed by atoms with Crippen LogP contribution in [-0.2, 0) is 14.3 Å². The largest absolute Gasteiger partial charge is 0.462 e. The van der Waals surface area contributed by atoms with Crippen LogP contribution in [0, 0.1) is 5.92 Å². The fourth-order valence-electron chi connectivity index (χ4n) is 1.71. The molecule has 1 aliphatic heterocycles. The molecule has 1 saturated heterocycles. The summed E-state index contributed by atoms with van der Waals surface area (Å²) in [5.74, 6) is 0.641. The number of hydrogen-bond donors (Lipinski definition) is 1. The molecule has 1 heterocycles. The maximum absolute atomic E-state index is 11.3. The lowest BCUT2D eigenvalue weighted by molar-refractivity contribution is -0.145. The molecule has 0 bridgehead atoms. The van der Waals surface area contributed by atoms with Crippen LogP contribution in [0.2, 0.25) is 0 Å². The van der Waals surface area contributed by atoms with Gasteiger partial charge in [0.05, 0.1) is 12.6 Å². The molecular formula is C11H19NO3. The average Bonchev–Trinajstić information content (AvgIpc) is 2.91. The van der Waals surface area contributed by atoms with Gasteiger partial charge in [0.1, 0.15) is 6.61 Å². The summed E-state index contributed by atoms with van der Waals surface area (Å²) in [4.78, 5) is 11.3. The van der Waals surface area contributed by atoms with Crippen molar-refractivity contribution in [1.29, 1.82) is 0 Å². The lowest BCUT2D eigenvalue weighted by Gasteiger charge is -2.10. The van der Waals surface area contributed by atoms with Crippen molar-refractivity contribution >= 4 is 5.97 Å². The van der Waals surface area contributed by atoms with E-state index in [9.17, 15) is 4.79 Å². The Morgan fingerprint density at radius 1 is 1.40 bits per heavy atom. The summed E-state index contributed by atoms with van der Waals surface area (Å²) >= 11 is 0. The molecule has 2 aliphatic rings. The fraction of sp³-hybridized carbons (Fsp3) is 0.909. The molecule has 0 aromatic heterocycles. The number of rotatable bonds is 6. The molecule has 2 fully saturated rings. The summed E-state index contributed by atoms with van der Waals surface area (Å²) in [6, 6.07) is 0. The van der Waals surface area contributed by atoms with E-state index < -0.39 is 0 Å². The Labute approximate surface area is 90.3 Å². The molecular weight excluding hydrogens is 194 g/mol. The number of esters is 1. The normalized spacial score (nSPS) is 25.5. The van der Waals surface area contributed by atoms with Gasteiger partial charge in [0, 0.05) is 6.61 Å². The molecule has 2 rings (SSSR count). The van der Waals surface area contributed by atoms with Crippen molar-refractivity contribution in [2.45, 2.75) is 31.8 Å². The minimum Gasteiger partial charge on any atom is -0.462 e. The van der Waals surface area contributed by atoms with Crippen molar-refractivity contribution in [2.24, 2.45) is 5.92 Å². The van der Waals surface area contributed by atoms with Crippen LogP contribution in [0.5, 0.6) is 0 Å². The van der Waals surface area contributed by atoms with Gasteiger partial charge in [-0.2, -0.15) is 0 Å². The molecule has 0 radical (unpaired) electrons. The maximum atomic E-state index is 11.3. The Morgan fingerprint density at radius 2 is 2.27 bits per heavy atom. The minimum atomic E-state index is -0.161. The lowest BCUT2D eigenvalue weighted by atomic mass is 10.2. The van der Waals surface area contributed by atoms with E-state index in [0.29, 0.717) is 13.2 Å². The van der Waals surface area contributed by atoms with Crippen LogP contribution in [0.15, 0.2) is 0 Å². The third kappa shape index (κ3) is 4.18. The van der Waals surface area contributed by atoms with E-state index in [0.717, 1.165) is 31.9 Å². The van der Waals surface area contributed by atoms with E-state index >= 15 is 0 Å². The summed E-state index contributed by atoms with van der Waals surface area (Å²) in [6.45, 7) is 2.52. The second-order valence-electron chi connectivity index (χ2n) is 4.39. The van der Waals surface area contributed by atoms with Crippen LogP contribution in [-0.4, -0.2) is 38.4 Å². The van der Waals surface area contributed by atoms with Gasteiger partial charge in [0.15, 0.2) is 0 Å². The van der Waals surface area contributed by atoms with Crippen molar-refractivity contribution in [2.75, 3.05) is 26.3 Å². The van der Waals surface area contributed by atoms with E-state index in [1.165, 1.54) is 12.8 Å². The quantitative estimate of drug-likeness (QED) is 0.660. The van der Waals surface area contributed by atoms with Crippen LogP contribution < -0.4 is 5.32 Å². The number of nitrogens with one attached hydrogen (secondary N) is 1. The first-order valence-electron chi connectivity index (χ1n) is 5.82. The van der Waals surface area contributed by atoms with Crippen molar-refractivity contribution in [3.63, 3.8) is 0 Å². The first kappa shape index (κ1) is 10.9. The van der Waals surface area contributed by atoms with Gasteiger partial charge < -0.3 is 14.8 Å². The summed E-state index contributed by atoms with van der Waals surface area (Å²) in [7, 11) is 0. The van der Waals surface area contributed by atoms with E-state index in [1.54, 1.807) is 0 Å².